The summed E-state index contributed by atoms with van der Waals surface area (Å²) < 4.78 is 0. The van der Waals surface area contributed by atoms with Gasteiger partial charge in [-0.2, -0.15) is 0 Å². The Hall–Kier alpha value is -2.81. The van der Waals surface area contributed by atoms with Crippen molar-refractivity contribution in [3.05, 3.63) is 29.9 Å². The molecule has 0 atom stereocenters. The zero-order valence-corrected chi connectivity index (χ0v) is 16.4. The average molecular weight is 399 g/mol. The van der Waals surface area contributed by atoms with Gasteiger partial charge in [-0.05, 0) is 25.0 Å². The minimum absolute atomic E-state index is 0.259. The van der Waals surface area contributed by atoms with Crippen LogP contribution in [0.2, 0.25) is 0 Å². The summed E-state index contributed by atoms with van der Waals surface area (Å²) in [5, 5.41) is 4.93. The zero-order chi connectivity index (χ0) is 19.7. The lowest BCUT2D eigenvalue weighted by Crippen LogP contribution is -2.49. The Balaban J connectivity index is 1.43. The van der Waals surface area contributed by atoms with Gasteiger partial charge in [0.15, 0.2) is 5.13 Å². The minimum atomic E-state index is -0.774. The number of carbonyl (C=O) groups is 3. The molecule has 0 bridgehead atoms. The third-order valence-electron chi connectivity index (χ3n) is 5.49. The number of aromatic nitrogens is 2. The maximum absolute atomic E-state index is 12.9. The molecule has 1 saturated carbocycles. The molecule has 146 valence electrons. The van der Waals surface area contributed by atoms with Crippen LogP contribution in [0.4, 0.5) is 9.93 Å². The Morgan fingerprint density at radius 1 is 1.29 bits per heavy atom. The lowest BCUT2D eigenvalue weighted by atomic mass is 9.81. The van der Waals surface area contributed by atoms with Crippen LogP contribution in [0.15, 0.2) is 29.9 Å². The van der Waals surface area contributed by atoms with E-state index < -0.39 is 17.5 Å². The van der Waals surface area contributed by atoms with E-state index in [0.717, 1.165) is 29.7 Å². The second-order valence-corrected chi connectivity index (χ2v) is 8.01. The predicted octanol–water partition coefficient (Wildman–Crippen LogP) is 2.74. The molecule has 2 aliphatic rings. The van der Waals surface area contributed by atoms with Gasteiger partial charge in [0.25, 0.3) is 5.91 Å². The van der Waals surface area contributed by atoms with Crippen molar-refractivity contribution in [1.29, 1.82) is 0 Å². The lowest BCUT2D eigenvalue weighted by molar-refractivity contribution is -0.136. The quantitative estimate of drug-likeness (QED) is 0.798. The van der Waals surface area contributed by atoms with Crippen LogP contribution >= 0.6 is 11.3 Å². The number of rotatable bonds is 4. The first kappa shape index (κ1) is 18.5. The molecular formula is C19H21N5O3S. The van der Waals surface area contributed by atoms with Crippen LogP contribution in [-0.4, -0.2) is 56.7 Å². The number of hydrogen-bond acceptors (Lipinski definition) is 6. The molecule has 2 aromatic heterocycles. The van der Waals surface area contributed by atoms with E-state index in [-0.39, 0.29) is 12.5 Å². The highest BCUT2D eigenvalue weighted by molar-refractivity contribution is 7.14. The fourth-order valence-corrected chi connectivity index (χ4v) is 4.69. The van der Waals surface area contributed by atoms with Crippen molar-refractivity contribution in [2.45, 2.75) is 37.6 Å². The Bertz CT molecular complexity index is 907. The summed E-state index contributed by atoms with van der Waals surface area (Å²) in [4.78, 5) is 49.0. The van der Waals surface area contributed by atoms with Crippen molar-refractivity contribution in [2.75, 3.05) is 18.9 Å². The Labute approximate surface area is 166 Å². The van der Waals surface area contributed by atoms with Gasteiger partial charge in [0.1, 0.15) is 12.1 Å². The first-order valence-electron chi connectivity index (χ1n) is 9.27. The maximum atomic E-state index is 12.9. The molecule has 1 aliphatic heterocycles. The van der Waals surface area contributed by atoms with E-state index >= 15 is 0 Å². The third-order valence-corrected chi connectivity index (χ3v) is 6.25. The molecule has 2 aromatic rings. The van der Waals surface area contributed by atoms with Gasteiger partial charge in [0.05, 0.1) is 5.69 Å². The normalized spacial score (nSPS) is 18.8. The largest absolute Gasteiger partial charge is 0.327 e. The number of anilines is 1. The first-order chi connectivity index (χ1) is 13.5. The van der Waals surface area contributed by atoms with E-state index in [2.05, 4.69) is 15.3 Å². The number of thiazole rings is 1. The van der Waals surface area contributed by atoms with Gasteiger partial charge in [-0.15, -0.1) is 11.3 Å². The van der Waals surface area contributed by atoms with E-state index in [0.29, 0.717) is 23.7 Å². The predicted molar refractivity (Wildman–Crippen MR) is 105 cm³/mol. The van der Waals surface area contributed by atoms with Gasteiger partial charge in [-0.25, -0.2) is 9.78 Å². The molecule has 0 aromatic carbocycles. The molecule has 2 fully saturated rings. The molecule has 1 aliphatic carbocycles. The molecular weight excluding hydrogens is 378 g/mol. The van der Waals surface area contributed by atoms with E-state index in [4.69, 9.17) is 0 Å². The average Bonchev–Trinajstić information content (AvgIpc) is 3.25. The van der Waals surface area contributed by atoms with Crippen molar-refractivity contribution in [2.24, 2.45) is 0 Å². The fraction of sp³-hybridized carbons (Fsp3) is 0.421. The molecule has 4 amide bonds. The molecule has 9 heteroatoms. The molecule has 1 spiro atoms. The van der Waals surface area contributed by atoms with Gasteiger partial charge in [0.2, 0.25) is 5.91 Å². The van der Waals surface area contributed by atoms with Crippen LogP contribution in [0, 0.1) is 0 Å². The second kappa shape index (κ2) is 7.31. The molecule has 0 unspecified atom stereocenters. The summed E-state index contributed by atoms with van der Waals surface area (Å²) in [5.41, 5.74) is 0.789. The fourth-order valence-electron chi connectivity index (χ4n) is 3.95. The number of hydrogen-bond donors (Lipinski definition) is 1. The number of imide groups is 1. The van der Waals surface area contributed by atoms with Gasteiger partial charge < -0.3 is 10.2 Å². The highest BCUT2D eigenvalue weighted by Gasteiger charge is 2.55. The number of pyridine rings is 1. The monoisotopic (exact) mass is 399 g/mol. The van der Waals surface area contributed by atoms with Gasteiger partial charge in [0, 0.05) is 30.4 Å². The van der Waals surface area contributed by atoms with Crippen LogP contribution in [-0.2, 0) is 9.59 Å². The molecule has 28 heavy (non-hydrogen) atoms. The van der Waals surface area contributed by atoms with Crippen molar-refractivity contribution in [1.82, 2.24) is 19.8 Å². The number of likely N-dealkylation sites (N-methyl/N-ethyl adjacent to an activating group) is 1. The lowest BCUT2D eigenvalue weighted by Gasteiger charge is -2.35. The summed E-state index contributed by atoms with van der Waals surface area (Å²) >= 11 is 1.28. The molecule has 1 N–H and O–H groups in total. The number of urea groups is 1. The summed E-state index contributed by atoms with van der Waals surface area (Å²) in [6, 6.07) is 3.29. The number of amides is 4. The topological polar surface area (TPSA) is 95.5 Å². The van der Waals surface area contributed by atoms with E-state index in [1.54, 1.807) is 19.4 Å². The first-order valence-corrected chi connectivity index (χ1v) is 10.1. The van der Waals surface area contributed by atoms with Crippen molar-refractivity contribution < 1.29 is 14.4 Å². The molecule has 3 heterocycles. The van der Waals surface area contributed by atoms with Gasteiger partial charge in [-0.3, -0.25) is 19.5 Å². The highest BCUT2D eigenvalue weighted by atomic mass is 32.1. The Morgan fingerprint density at radius 3 is 2.79 bits per heavy atom. The SMILES string of the molecule is CN1C(=O)N(CC(=O)Nc2nc(-c3cccnc3)cs2)C(=O)C12CCCCC2. The zero-order valence-electron chi connectivity index (χ0n) is 15.6. The van der Waals surface area contributed by atoms with Crippen LogP contribution < -0.4 is 5.32 Å². The summed E-state index contributed by atoms with van der Waals surface area (Å²) in [7, 11) is 1.66. The summed E-state index contributed by atoms with van der Waals surface area (Å²) in [6.45, 7) is -0.300. The van der Waals surface area contributed by atoms with Crippen molar-refractivity contribution in [3.8, 4) is 11.3 Å². The van der Waals surface area contributed by atoms with Gasteiger partial charge >= 0.3 is 6.03 Å². The maximum Gasteiger partial charge on any atom is 0.327 e. The van der Waals surface area contributed by atoms with Crippen LogP contribution in [0.5, 0.6) is 0 Å². The van der Waals surface area contributed by atoms with E-state index in [9.17, 15) is 14.4 Å². The Morgan fingerprint density at radius 2 is 2.07 bits per heavy atom. The highest BCUT2D eigenvalue weighted by Crippen LogP contribution is 2.39. The smallest absolute Gasteiger partial charge is 0.313 e. The number of nitrogens with one attached hydrogen (secondary N) is 1. The second-order valence-electron chi connectivity index (χ2n) is 7.15. The van der Waals surface area contributed by atoms with Crippen LogP contribution in [0.3, 0.4) is 0 Å². The van der Waals surface area contributed by atoms with Gasteiger partial charge in [-0.1, -0.05) is 19.3 Å². The summed E-state index contributed by atoms with van der Waals surface area (Å²) in [6.07, 6.45) is 7.60. The number of nitrogens with zero attached hydrogens (tertiary/aromatic N) is 4. The Kier molecular flexibility index (Phi) is 4.84. The standard InChI is InChI=1S/C19H21N5O3S/c1-23-18(27)24(16(26)19(23)7-3-2-4-8-19)11-15(25)22-17-21-14(12-28-17)13-6-5-9-20-10-13/h5-6,9-10,12H,2-4,7-8,11H2,1H3,(H,21,22,25). The van der Waals surface area contributed by atoms with E-state index in [1.807, 2.05) is 17.5 Å². The number of carbonyl (C=O) groups excluding carboxylic acids is 3. The molecule has 1 saturated heterocycles. The molecule has 0 radical (unpaired) electrons. The van der Waals surface area contributed by atoms with Crippen molar-refractivity contribution in [3.63, 3.8) is 0 Å². The molecule has 8 nitrogen and oxygen atoms in total. The molecule has 4 rings (SSSR count). The van der Waals surface area contributed by atoms with E-state index in [1.165, 1.54) is 16.2 Å². The van der Waals surface area contributed by atoms with Crippen LogP contribution in [0.1, 0.15) is 32.1 Å². The third kappa shape index (κ3) is 3.15. The van der Waals surface area contributed by atoms with Crippen LogP contribution in [0.25, 0.3) is 11.3 Å². The van der Waals surface area contributed by atoms with Crippen molar-refractivity contribution >= 4 is 34.3 Å². The minimum Gasteiger partial charge on any atom is -0.313 e. The summed E-state index contributed by atoms with van der Waals surface area (Å²) in [5.74, 6) is -0.694.